The van der Waals surface area contributed by atoms with Gasteiger partial charge in [0.25, 0.3) is 5.91 Å². The number of anilines is 1. The smallest absolute Gasteiger partial charge is 0.416 e. The van der Waals surface area contributed by atoms with Crippen LogP contribution in [-0.2, 0) is 11.0 Å². The summed E-state index contributed by atoms with van der Waals surface area (Å²) < 4.78 is 44.3. The zero-order valence-corrected chi connectivity index (χ0v) is 20.1. The van der Waals surface area contributed by atoms with E-state index >= 15 is 0 Å². The number of para-hydroxylation sites is 2. The van der Waals surface area contributed by atoms with E-state index in [9.17, 15) is 18.0 Å². The van der Waals surface area contributed by atoms with Crippen molar-refractivity contribution in [1.29, 1.82) is 0 Å². The predicted molar refractivity (Wildman–Crippen MR) is 129 cm³/mol. The van der Waals surface area contributed by atoms with Gasteiger partial charge in [0.2, 0.25) is 0 Å². The first-order valence-electron chi connectivity index (χ1n) is 9.96. The van der Waals surface area contributed by atoms with Crippen LogP contribution in [0.3, 0.4) is 0 Å². The molecule has 10 heteroatoms. The monoisotopic (exact) mass is 562 g/mol. The fraction of sp³-hybridized carbons (Fsp3) is 0.364. The molecule has 174 valence electrons. The number of fused-ring (bicyclic) bond motifs is 1. The van der Waals surface area contributed by atoms with Crippen molar-refractivity contribution in [3.8, 4) is 5.75 Å². The Morgan fingerprint density at radius 3 is 2.69 bits per heavy atom. The number of nitrogens with zero attached hydrogens (tertiary/aromatic N) is 2. The third-order valence-corrected chi connectivity index (χ3v) is 4.95. The van der Waals surface area contributed by atoms with Crippen molar-refractivity contribution in [2.75, 3.05) is 31.6 Å². The van der Waals surface area contributed by atoms with Crippen molar-refractivity contribution in [2.45, 2.75) is 25.6 Å². The van der Waals surface area contributed by atoms with Gasteiger partial charge in [0.1, 0.15) is 5.75 Å². The van der Waals surface area contributed by atoms with Crippen molar-refractivity contribution in [3.05, 3.63) is 59.7 Å². The van der Waals surface area contributed by atoms with Crippen LogP contribution in [0.4, 0.5) is 18.9 Å². The maximum Gasteiger partial charge on any atom is 0.416 e. The third kappa shape index (κ3) is 6.50. The molecular weight excluding hydrogens is 536 g/mol. The predicted octanol–water partition coefficient (Wildman–Crippen LogP) is 4.37. The van der Waals surface area contributed by atoms with Crippen LogP contribution in [-0.4, -0.2) is 38.6 Å². The first-order chi connectivity index (χ1) is 14.8. The van der Waals surface area contributed by atoms with E-state index in [-0.39, 0.29) is 42.5 Å². The minimum absolute atomic E-state index is 0. The van der Waals surface area contributed by atoms with Crippen LogP contribution in [0.2, 0.25) is 0 Å². The van der Waals surface area contributed by atoms with Gasteiger partial charge in [-0.2, -0.15) is 13.2 Å². The Bertz CT molecular complexity index is 953. The summed E-state index contributed by atoms with van der Waals surface area (Å²) in [6, 6.07) is 12.2. The zero-order valence-electron chi connectivity index (χ0n) is 17.8. The number of hydrogen-bond acceptors (Lipinski definition) is 3. The fourth-order valence-corrected chi connectivity index (χ4v) is 3.31. The SMILES string of the molecule is CN=C(NCCCN1C(=O)COc2ccccc21)NC(C)c1cccc(C(F)(F)F)c1.I. The van der Waals surface area contributed by atoms with Gasteiger partial charge in [-0.25, -0.2) is 0 Å². The molecule has 0 fully saturated rings. The topological polar surface area (TPSA) is 66.0 Å². The number of halogens is 4. The Labute approximate surface area is 202 Å². The summed E-state index contributed by atoms with van der Waals surface area (Å²) in [6.45, 7) is 2.82. The second kappa shape index (κ2) is 11.4. The van der Waals surface area contributed by atoms with Gasteiger partial charge in [0.05, 0.1) is 17.3 Å². The summed E-state index contributed by atoms with van der Waals surface area (Å²) >= 11 is 0. The molecule has 2 aromatic carbocycles. The van der Waals surface area contributed by atoms with Crippen molar-refractivity contribution >= 4 is 41.5 Å². The molecule has 0 aliphatic carbocycles. The Balaban J connectivity index is 0.00000363. The van der Waals surface area contributed by atoms with E-state index in [0.717, 1.165) is 17.8 Å². The van der Waals surface area contributed by atoms with E-state index in [2.05, 4.69) is 15.6 Å². The molecule has 0 bridgehead atoms. The molecule has 1 unspecified atom stereocenters. The largest absolute Gasteiger partial charge is 0.482 e. The molecule has 32 heavy (non-hydrogen) atoms. The molecule has 0 saturated carbocycles. The fourth-order valence-electron chi connectivity index (χ4n) is 3.31. The van der Waals surface area contributed by atoms with Crippen molar-refractivity contribution in [1.82, 2.24) is 10.6 Å². The molecule has 2 aromatic rings. The molecule has 1 amide bonds. The minimum atomic E-state index is -4.38. The lowest BCUT2D eigenvalue weighted by Gasteiger charge is -2.29. The number of rotatable bonds is 6. The summed E-state index contributed by atoms with van der Waals surface area (Å²) in [6.07, 6.45) is -3.73. The van der Waals surface area contributed by atoms with Gasteiger partial charge in [0, 0.05) is 20.1 Å². The number of aliphatic imine (C=N–C) groups is 1. The normalized spacial score (nSPS) is 14.7. The lowest BCUT2D eigenvalue weighted by molar-refractivity contribution is -0.137. The van der Waals surface area contributed by atoms with Crippen molar-refractivity contribution < 1.29 is 22.7 Å². The highest BCUT2D eigenvalue weighted by Crippen LogP contribution is 2.32. The van der Waals surface area contributed by atoms with Crippen molar-refractivity contribution in [2.24, 2.45) is 4.99 Å². The van der Waals surface area contributed by atoms with Gasteiger partial charge in [-0.3, -0.25) is 9.79 Å². The first-order valence-corrected chi connectivity index (χ1v) is 9.96. The number of benzene rings is 2. The Morgan fingerprint density at radius 1 is 1.22 bits per heavy atom. The van der Waals surface area contributed by atoms with Crippen LogP contribution in [0.25, 0.3) is 0 Å². The van der Waals surface area contributed by atoms with E-state index in [1.807, 2.05) is 24.3 Å². The highest BCUT2D eigenvalue weighted by Gasteiger charge is 2.30. The number of amides is 1. The second-order valence-electron chi connectivity index (χ2n) is 7.14. The van der Waals surface area contributed by atoms with E-state index in [1.165, 1.54) is 6.07 Å². The summed E-state index contributed by atoms with van der Waals surface area (Å²) in [5.74, 6) is 1.06. The maximum absolute atomic E-state index is 12.9. The maximum atomic E-state index is 12.9. The van der Waals surface area contributed by atoms with Gasteiger partial charge < -0.3 is 20.3 Å². The molecule has 1 heterocycles. The minimum Gasteiger partial charge on any atom is -0.482 e. The van der Waals surface area contributed by atoms with Crippen LogP contribution in [0.15, 0.2) is 53.5 Å². The molecule has 2 N–H and O–H groups in total. The van der Waals surface area contributed by atoms with Gasteiger partial charge in [-0.05, 0) is 43.2 Å². The number of carbonyl (C=O) groups excluding carboxylic acids is 1. The average Bonchev–Trinajstić information content (AvgIpc) is 2.76. The number of nitrogens with one attached hydrogen (secondary N) is 2. The number of ether oxygens (including phenoxy) is 1. The highest BCUT2D eigenvalue weighted by atomic mass is 127. The molecule has 1 aliphatic heterocycles. The van der Waals surface area contributed by atoms with Gasteiger partial charge in [-0.15, -0.1) is 24.0 Å². The Kier molecular flexibility index (Phi) is 9.17. The summed E-state index contributed by atoms with van der Waals surface area (Å²) in [5, 5.41) is 6.24. The molecule has 0 spiro atoms. The third-order valence-electron chi connectivity index (χ3n) is 4.95. The second-order valence-corrected chi connectivity index (χ2v) is 7.14. The number of carbonyl (C=O) groups is 1. The average molecular weight is 562 g/mol. The van der Waals surface area contributed by atoms with Gasteiger partial charge >= 0.3 is 6.18 Å². The highest BCUT2D eigenvalue weighted by molar-refractivity contribution is 14.0. The molecule has 0 radical (unpaired) electrons. The van der Waals surface area contributed by atoms with Crippen molar-refractivity contribution in [3.63, 3.8) is 0 Å². The number of hydrogen-bond donors (Lipinski definition) is 2. The molecule has 3 rings (SSSR count). The molecule has 1 atom stereocenters. The lowest BCUT2D eigenvalue weighted by atomic mass is 10.1. The zero-order chi connectivity index (χ0) is 22.4. The van der Waals surface area contributed by atoms with E-state index in [4.69, 9.17) is 4.74 Å². The van der Waals surface area contributed by atoms with Crippen LogP contribution >= 0.6 is 24.0 Å². The first kappa shape index (κ1) is 25.8. The standard InChI is InChI=1S/C22H25F3N4O2.HI/c1-15(16-7-5-8-17(13-16)22(23,24)25)28-21(26-2)27-11-6-12-29-18-9-3-4-10-19(18)31-14-20(29)30;/h3-5,7-10,13,15H,6,11-12,14H2,1-2H3,(H2,26,27,28);1H. The van der Waals surface area contributed by atoms with Gasteiger partial charge in [0.15, 0.2) is 12.6 Å². The van der Waals surface area contributed by atoms with E-state index < -0.39 is 11.7 Å². The lowest BCUT2D eigenvalue weighted by Crippen LogP contribution is -2.42. The Hall–Kier alpha value is -2.50. The molecule has 0 aromatic heterocycles. The summed E-state index contributed by atoms with van der Waals surface area (Å²) in [7, 11) is 1.59. The molecule has 0 saturated heterocycles. The van der Waals surface area contributed by atoms with Crippen LogP contribution in [0, 0.1) is 0 Å². The van der Waals surface area contributed by atoms with Crippen LogP contribution < -0.4 is 20.3 Å². The Morgan fingerprint density at radius 2 is 1.97 bits per heavy atom. The molecule has 6 nitrogen and oxygen atoms in total. The quantitative estimate of drug-likeness (QED) is 0.238. The number of guanidine groups is 1. The van der Waals surface area contributed by atoms with Gasteiger partial charge in [-0.1, -0.05) is 24.3 Å². The number of alkyl halides is 3. The molecule has 1 aliphatic rings. The summed E-state index contributed by atoms with van der Waals surface area (Å²) in [4.78, 5) is 18.0. The summed E-state index contributed by atoms with van der Waals surface area (Å²) in [5.41, 5.74) is 0.574. The molecular formula is C22H26F3IN4O2. The van der Waals surface area contributed by atoms with Crippen LogP contribution in [0.1, 0.15) is 30.5 Å². The van der Waals surface area contributed by atoms with E-state index in [0.29, 0.717) is 36.8 Å². The van der Waals surface area contributed by atoms with E-state index in [1.54, 1.807) is 24.9 Å². The van der Waals surface area contributed by atoms with Crippen LogP contribution in [0.5, 0.6) is 5.75 Å².